The molecule has 0 aliphatic heterocycles. The van der Waals surface area contributed by atoms with Gasteiger partial charge < -0.3 is 10.5 Å². The molecule has 0 saturated carbocycles. The van der Waals surface area contributed by atoms with Crippen LogP contribution in [0.2, 0.25) is 0 Å². The largest absolute Gasteiger partial charge is 0.573 e. The van der Waals surface area contributed by atoms with Crippen LogP contribution in [-0.2, 0) is 0 Å². The van der Waals surface area contributed by atoms with Crippen LogP contribution in [0.15, 0.2) is 12.3 Å². The summed E-state index contributed by atoms with van der Waals surface area (Å²) in [6.45, 7) is 0. The van der Waals surface area contributed by atoms with Crippen LogP contribution < -0.4 is 10.5 Å². The van der Waals surface area contributed by atoms with Gasteiger partial charge in [0.2, 0.25) is 0 Å². The second-order valence-corrected chi connectivity index (χ2v) is 3.13. The summed E-state index contributed by atoms with van der Waals surface area (Å²) < 4.78 is 39.1. The van der Waals surface area contributed by atoms with Crippen molar-refractivity contribution in [2.24, 2.45) is 0 Å². The maximum Gasteiger partial charge on any atom is 0.573 e. The lowest BCUT2D eigenvalue weighted by atomic mass is 10.4. The van der Waals surface area contributed by atoms with Crippen molar-refractivity contribution in [3.8, 4) is 5.75 Å². The van der Waals surface area contributed by atoms with E-state index in [9.17, 15) is 13.2 Å². The summed E-state index contributed by atoms with van der Waals surface area (Å²) in [5.74, 6) is -0.317. The van der Waals surface area contributed by atoms with Crippen molar-refractivity contribution in [1.29, 1.82) is 0 Å². The highest BCUT2D eigenvalue weighted by atomic mass is 127. The third-order valence-electron chi connectivity index (χ3n) is 1.11. The molecule has 72 valence electrons. The molecule has 0 aliphatic carbocycles. The zero-order chi connectivity index (χ0) is 10.1. The molecule has 2 N–H and O–H groups in total. The van der Waals surface area contributed by atoms with Crippen LogP contribution in [0.3, 0.4) is 0 Å². The summed E-state index contributed by atoms with van der Waals surface area (Å²) in [5.41, 5.74) is 5.27. The number of alkyl halides is 3. The zero-order valence-corrected chi connectivity index (χ0v) is 8.26. The van der Waals surface area contributed by atoms with Gasteiger partial charge in [-0.3, -0.25) is 0 Å². The first kappa shape index (κ1) is 10.4. The number of anilines is 1. The first-order chi connectivity index (χ1) is 5.90. The van der Waals surface area contributed by atoms with E-state index in [2.05, 4.69) is 9.72 Å². The minimum Gasteiger partial charge on any atom is -0.404 e. The molecular weight excluding hydrogens is 300 g/mol. The quantitative estimate of drug-likeness (QED) is 0.809. The topological polar surface area (TPSA) is 48.1 Å². The number of rotatable bonds is 1. The van der Waals surface area contributed by atoms with Crippen LogP contribution in [0.25, 0.3) is 0 Å². The van der Waals surface area contributed by atoms with E-state index in [1.54, 1.807) is 22.6 Å². The van der Waals surface area contributed by atoms with Gasteiger partial charge in [0, 0.05) is 12.3 Å². The Hall–Kier alpha value is -0.730. The van der Waals surface area contributed by atoms with Gasteiger partial charge in [0.15, 0.2) is 0 Å². The average molecular weight is 304 g/mol. The van der Waals surface area contributed by atoms with Gasteiger partial charge >= 0.3 is 6.36 Å². The second-order valence-electron chi connectivity index (χ2n) is 2.06. The molecule has 0 spiro atoms. The molecule has 1 heterocycles. The molecule has 0 atom stereocenters. The molecule has 0 bridgehead atoms. The lowest BCUT2D eigenvalue weighted by Crippen LogP contribution is -2.18. The predicted octanol–water partition coefficient (Wildman–Crippen LogP) is 2.17. The van der Waals surface area contributed by atoms with Crippen LogP contribution in [0.4, 0.5) is 19.0 Å². The third kappa shape index (κ3) is 2.90. The molecule has 13 heavy (non-hydrogen) atoms. The van der Waals surface area contributed by atoms with Crippen LogP contribution in [0.5, 0.6) is 5.75 Å². The molecule has 0 saturated heterocycles. The fourth-order valence-electron chi connectivity index (χ4n) is 0.645. The van der Waals surface area contributed by atoms with E-state index >= 15 is 0 Å². The van der Waals surface area contributed by atoms with Crippen molar-refractivity contribution < 1.29 is 17.9 Å². The van der Waals surface area contributed by atoms with Crippen LogP contribution in [0, 0.1) is 3.57 Å². The predicted molar refractivity (Wildman–Crippen MR) is 48.0 cm³/mol. The van der Waals surface area contributed by atoms with Crippen LogP contribution >= 0.6 is 22.6 Å². The van der Waals surface area contributed by atoms with E-state index in [0.29, 0.717) is 0 Å². The second kappa shape index (κ2) is 3.56. The Balaban J connectivity index is 2.96. The number of hydrogen-bond acceptors (Lipinski definition) is 3. The van der Waals surface area contributed by atoms with E-state index in [1.807, 2.05) is 0 Å². The van der Waals surface area contributed by atoms with Gasteiger partial charge in [-0.2, -0.15) is 0 Å². The Morgan fingerprint density at radius 1 is 1.46 bits per heavy atom. The summed E-state index contributed by atoms with van der Waals surface area (Å²) in [4.78, 5) is 3.59. The summed E-state index contributed by atoms with van der Waals surface area (Å²) in [5, 5.41) is 0. The van der Waals surface area contributed by atoms with Crippen molar-refractivity contribution in [2.45, 2.75) is 6.36 Å². The molecule has 0 fully saturated rings. The molecule has 3 nitrogen and oxygen atoms in total. The number of aromatic nitrogens is 1. The maximum atomic E-state index is 11.8. The molecule has 1 aromatic rings. The van der Waals surface area contributed by atoms with Gasteiger partial charge in [0.25, 0.3) is 0 Å². The maximum absolute atomic E-state index is 11.8. The zero-order valence-electron chi connectivity index (χ0n) is 6.10. The van der Waals surface area contributed by atoms with Crippen molar-refractivity contribution in [1.82, 2.24) is 4.98 Å². The molecule has 0 aromatic carbocycles. The van der Waals surface area contributed by atoms with Crippen molar-refractivity contribution in [3.05, 3.63) is 15.8 Å². The van der Waals surface area contributed by atoms with E-state index in [1.165, 1.54) is 0 Å². The van der Waals surface area contributed by atoms with Gasteiger partial charge in [0.1, 0.15) is 11.6 Å². The smallest absolute Gasteiger partial charge is 0.404 e. The Morgan fingerprint density at radius 3 is 2.62 bits per heavy atom. The Bertz CT molecular complexity index is 315. The van der Waals surface area contributed by atoms with Crippen molar-refractivity contribution in [3.63, 3.8) is 0 Å². The Kier molecular flexibility index (Phi) is 2.84. The van der Waals surface area contributed by atoms with E-state index < -0.39 is 6.36 Å². The number of halogens is 4. The van der Waals surface area contributed by atoms with Gasteiger partial charge in [-0.25, -0.2) is 4.98 Å². The number of ether oxygens (including phenoxy) is 1. The number of nitrogens with zero attached hydrogens (tertiary/aromatic N) is 1. The lowest BCUT2D eigenvalue weighted by Gasteiger charge is -2.10. The molecule has 0 radical (unpaired) electrons. The summed E-state index contributed by atoms with van der Waals surface area (Å²) in [7, 11) is 0. The number of hydrogen-bond donors (Lipinski definition) is 1. The first-order valence-corrected chi connectivity index (χ1v) is 4.14. The first-order valence-electron chi connectivity index (χ1n) is 3.06. The molecule has 0 aliphatic rings. The van der Waals surface area contributed by atoms with Crippen molar-refractivity contribution in [2.75, 3.05) is 5.73 Å². The normalized spacial score (nSPS) is 11.4. The van der Waals surface area contributed by atoms with Gasteiger partial charge in [0.05, 0.1) is 3.57 Å². The lowest BCUT2D eigenvalue weighted by molar-refractivity contribution is -0.274. The minimum atomic E-state index is -4.70. The standard InChI is InChI=1S/C6H4F3IN2O/c7-6(8,9)13-3-1-2-12-5(11)4(3)10/h1-2H,(H2,11,12). The highest BCUT2D eigenvalue weighted by Gasteiger charge is 2.32. The highest BCUT2D eigenvalue weighted by Crippen LogP contribution is 2.29. The molecule has 0 unspecified atom stereocenters. The molecule has 0 amide bonds. The fourth-order valence-corrected chi connectivity index (χ4v) is 1.07. The number of nitrogen functional groups attached to an aromatic ring is 1. The number of pyridine rings is 1. The van der Waals surface area contributed by atoms with Crippen molar-refractivity contribution >= 4 is 28.4 Å². The molecular formula is C6H4F3IN2O. The average Bonchev–Trinajstić information content (AvgIpc) is 1.96. The molecule has 1 rings (SSSR count). The fraction of sp³-hybridized carbons (Fsp3) is 0.167. The minimum absolute atomic E-state index is 0.0161. The van der Waals surface area contributed by atoms with Gasteiger partial charge in [-0.1, -0.05) is 0 Å². The van der Waals surface area contributed by atoms with E-state index in [0.717, 1.165) is 12.3 Å². The highest BCUT2D eigenvalue weighted by molar-refractivity contribution is 14.1. The summed E-state index contributed by atoms with van der Waals surface area (Å²) in [6.07, 6.45) is -3.55. The Labute approximate surface area is 85.2 Å². The molecule has 1 aromatic heterocycles. The Morgan fingerprint density at radius 2 is 2.08 bits per heavy atom. The monoisotopic (exact) mass is 304 g/mol. The van der Waals surface area contributed by atoms with E-state index in [4.69, 9.17) is 5.73 Å². The third-order valence-corrected chi connectivity index (χ3v) is 2.19. The summed E-state index contributed by atoms with van der Waals surface area (Å²) >= 11 is 1.63. The number of nitrogens with two attached hydrogens (primary N) is 1. The molecule has 7 heteroatoms. The SMILES string of the molecule is Nc1nccc(OC(F)(F)F)c1I. The van der Waals surface area contributed by atoms with E-state index in [-0.39, 0.29) is 15.1 Å². The van der Waals surface area contributed by atoms with Gasteiger partial charge in [-0.15, -0.1) is 13.2 Å². The van der Waals surface area contributed by atoms with Crippen LogP contribution in [-0.4, -0.2) is 11.3 Å². The van der Waals surface area contributed by atoms with Gasteiger partial charge in [-0.05, 0) is 22.6 Å². The summed E-state index contributed by atoms with van der Waals surface area (Å²) in [6, 6.07) is 1.10. The van der Waals surface area contributed by atoms with Crippen LogP contribution in [0.1, 0.15) is 0 Å².